The van der Waals surface area contributed by atoms with Crippen molar-refractivity contribution >= 4 is 21.1 Å². The standard InChI is InChI=1S/C19H21N3O3S/c1-20-17-11-9-14(12-18(17)21(2)19(20)23)26(24,25)22(3)16-10-8-13-6-4-5-7-15(13)16/h4-7,9,11-12,16H,8,10H2,1-3H3. The van der Waals surface area contributed by atoms with Gasteiger partial charge in [-0.25, -0.2) is 13.2 Å². The van der Waals surface area contributed by atoms with Crippen LogP contribution in [-0.2, 0) is 30.5 Å². The Hall–Kier alpha value is -2.38. The lowest BCUT2D eigenvalue weighted by atomic mass is 10.1. The van der Waals surface area contributed by atoms with Crippen molar-refractivity contribution in [3.63, 3.8) is 0 Å². The molecule has 6 nitrogen and oxygen atoms in total. The van der Waals surface area contributed by atoms with E-state index < -0.39 is 10.0 Å². The molecular formula is C19H21N3O3S. The van der Waals surface area contributed by atoms with Crippen LogP contribution < -0.4 is 5.69 Å². The van der Waals surface area contributed by atoms with E-state index in [1.807, 2.05) is 18.2 Å². The second-order valence-corrected chi connectivity index (χ2v) is 8.82. The maximum atomic E-state index is 13.2. The summed E-state index contributed by atoms with van der Waals surface area (Å²) < 4.78 is 30.9. The van der Waals surface area contributed by atoms with E-state index in [0.29, 0.717) is 11.0 Å². The number of rotatable bonds is 3. The third-order valence-electron chi connectivity index (χ3n) is 5.46. The molecule has 0 amide bonds. The summed E-state index contributed by atoms with van der Waals surface area (Å²) in [6.07, 6.45) is 1.66. The Bertz CT molecular complexity index is 1170. The van der Waals surface area contributed by atoms with Gasteiger partial charge in [-0.15, -0.1) is 0 Å². The molecule has 3 aromatic rings. The minimum absolute atomic E-state index is 0.161. The number of fused-ring (bicyclic) bond motifs is 2. The number of aromatic nitrogens is 2. The molecule has 1 atom stereocenters. The summed E-state index contributed by atoms with van der Waals surface area (Å²) in [4.78, 5) is 12.3. The number of hydrogen-bond acceptors (Lipinski definition) is 3. The third-order valence-corrected chi connectivity index (χ3v) is 7.32. The Morgan fingerprint density at radius 1 is 1.04 bits per heavy atom. The quantitative estimate of drug-likeness (QED) is 0.709. The molecule has 1 aliphatic rings. The number of benzene rings is 2. The molecule has 7 heteroatoms. The van der Waals surface area contributed by atoms with Crippen molar-refractivity contribution in [2.75, 3.05) is 7.05 Å². The second kappa shape index (κ2) is 5.82. The van der Waals surface area contributed by atoms with Gasteiger partial charge < -0.3 is 0 Å². The van der Waals surface area contributed by atoms with Crippen LogP contribution in [0.2, 0.25) is 0 Å². The molecule has 0 fully saturated rings. The fourth-order valence-corrected chi connectivity index (χ4v) is 5.28. The van der Waals surface area contributed by atoms with Crippen molar-refractivity contribution < 1.29 is 8.42 Å². The van der Waals surface area contributed by atoms with Crippen LogP contribution in [0, 0.1) is 0 Å². The average Bonchev–Trinajstić information content (AvgIpc) is 3.16. The highest BCUT2D eigenvalue weighted by Gasteiger charge is 2.33. The number of aryl methyl sites for hydroxylation is 3. The number of nitrogens with zero attached hydrogens (tertiary/aromatic N) is 3. The van der Waals surface area contributed by atoms with E-state index in [1.54, 1.807) is 39.3 Å². The van der Waals surface area contributed by atoms with Gasteiger partial charge in [0.1, 0.15) is 0 Å². The summed E-state index contributed by atoms with van der Waals surface area (Å²) in [7, 11) is 1.30. The molecule has 0 radical (unpaired) electrons. The molecular weight excluding hydrogens is 350 g/mol. The predicted molar refractivity (Wildman–Crippen MR) is 101 cm³/mol. The largest absolute Gasteiger partial charge is 0.328 e. The Morgan fingerprint density at radius 3 is 2.50 bits per heavy atom. The number of imidazole rings is 1. The summed E-state index contributed by atoms with van der Waals surface area (Å²) in [5, 5.41) is 0. The fraction of sp³-hybridized carbons (Fsp3) is 0.316. The highest BCUT2D eigenvalue weighted by Crippen LogP contribution is 2.37. The maximum absolute atomic E-state index is 13.2. The highest BCUT2D eigenvalue weighted by molar-refractivity contribution is 7.89. The lowest BCUT2D eigenvalue weighted by Crippen LogP contribution is -2.30. The minimum atomic E-state index is -3.67. The molecule has 136 valence electrons. The van der Waals surface area contributed by atoms with E-state index in [0.717, 1.165) is 18.4 Å². The van der Waals surface area contributed by atoms with Gasteiger partial charge in [-0.3, -0.25) is 9.13 Å². The van der Waals surface area contributed by atoms with Gasteiger partial charge in [0.15, 0.2) is 0 Å². The monoisotopic (exact) mass is 371 g/mol. The van der Waals surface area contributed by atoms with E-state index >= 15 is 0 Å². The van der Waals surface area contributed by atoms with Crippen LogP contribution in [0.3, 0.4) is 0 Å². The van der Waals surface area contributed by atoms with Crippen LogP contribution in [0.5, 0.6) is 0 Å². The first-order valence-corrected chi connectivity index (χ1v) is 9.97. The van der Waals surface area contributed by atoms with Gasteiger partial charge in [-0.2, -0.15) is 4.31 Å². The first-order valence-electron chi connectivity index (χ1n) is 8.53. The molecule has 0 bridgehead atoms. The van der Waals surface area contributed by atoms with E-state index in [9.17, 15) is 13.2 Å². The van der Waals surface area contributed by atoms with Gasteiger partial charge in [-0.1, -0.05) is 24.3 Å². The molecule has 2 aromatic carbocycles. The lowest BCUT2D eigenvalue weighted by Gasteiger charge is -2.25. The molecule has 26 heavy (non-hydrogen) atoms. The topological polar surface area (TPSA) is 64.3 Å². The molecule has 0 saturated carbocycles. The van der Waals surface area contributed by atoms with Gasteiger partial charge in [0.25, 0.3) is 0 Å². The smallest absolute Gasteiger partial charge is 0.295 e. The van der Waals surface area contributed by atoms with Gasteiger partial charge in [-0.05, 0) is 42.2 Å². The summed E-state index contributed by atoms with van der Waals surface area (Å²) in [5.74, 6) is 0. The van der Waals surface area contributed by atoms with Gasteiger partial charge in [0, 0.05) is 21.1 Å². The summed E-state index contributed by atoms with van der Waals surface area (Å²) in [6.45, 7) is 0. The van der Waals surface area contributed by atoms with Crippen LogP contribution in [0.1, 0.15) is 23.6 Å². The first-order chi connectivity index (χ1) is 12.3. The van der Waals surface area contributed by atoms with Crippen molar-refractivity contribution in [2.45, 2.75) is 23.8 Å². The zero-order chi connectivity index (χ0) is 18.6. The van der Waals surface area contributed by atoms with Crippen LogP contribution in [0.15, 0.2) is 52.2 Å². The van der Waals surface area contributed by atoms with Crippen LogP contribution in [0.4, 0.5) is 0 Å². The van der Waals surface area contributed by atoms with E-state index in [2.05, 4.69) is 6.07 Å². The third kappa shape index (κ3) is 2.34. The van der Waals surface area contributed by atoms with E-state index in [1.165, 1.54) is 19.0 Å². The number of hydrogen-bond donors (Lipinski definition) is 0. The van der Waals surface area contributed by atoms with Crippen LogP contribution in [-0.4, -0.2) is 28.9 Å². The van der Waals surface area contributed by atoms with E-state index in [4.69, 9.17) is 0 Å². The normalized spacial score (nSPS) is 17.2. The van der Waals surface area contributed by atoms with Crippen molar-refractivity contribution in [2.24, 2.45) is 14.1 Å². The van der Waals surface area contributed by atoms with Gasteiger partial charge in [0.2, 0.25) is 10.0 Å². The molecule has 1 aliphatic carbocycles. The molecule has 0 saturated heterocycles. The summed E-state index contributed by atoms with van der Waals surface area (Å²) in [6, 6.07) is 12.7. The minimum Gasteiger partial charge on any atom is -0.295 e. The zero-order valence-corrected chi connectivity index (χ0v) is 15.8. The number of sulfonamides is 1. The molecule has 0 aliphatic heterocycles. The molecule has 0 spiro atoms. The zero-order valence-electron chi connectivity index (χ0n) is 15.0. The van der Waals surface area contributed by atoms with Crippen molar-refractivity contribution in [3.8, 4) is 0 Å². The second-order valence-electron chi connectivity index (χ2n) is 6.83. The molecule has 4 rings (SSSR count). The Labute approximate surface area is 152 Å². The van der Waals surface area contributed by atoms with E-state index in [-0.39, 0.29) is 16.6 Å². The Morgan fingerprint density at radius 2 is 1.73 bits per heavy atom. The van der Waals surface area contributed by atoms with Gasteiger partial charge >= 0.3 is 5.69 Å². The molecule has 1 unspecified atom stereocenters. The molecule has 0 N–H and O–H groups in total. The van der Waals surface area contributed by atoms with Gasteiger partial charge in [0.05, 0.1) is 22.0 Å². The summed E-state index contributed by atoms with van der Waals surface area (Å²) >= 11 is 0. The van der Waals surface area contributed by atoms with Crippen LogP contribution in [0.25, 0.3) is 11.0 Å². The Kier molecular flexibility index (Phi) is 3.82. The fourth-order valence-electron chi connectivity index (χ4n) is 3.89. The molecule has 1 heterocycles. The lowest BCUT2D eigenvalue weighted by molar-refractivity contribution is 0.374. The highest BCUT2D eigenvalue weighted by atomic mass is 32.2. The van der Waals surface area contributed by atoms with Crippen molar-refractivity contribution in [1.29, 1.82) is 0 Å². The van der Waals surface area contributed by atoms with Crippen molar-refractivity contribution in [3.05, 3.63) is 64.1 Å². The summed E-state index contributed by atoms with van der Waals surface area (Å²) in [5.41, 5.74) is 3.43. The maximum Gasteiger partial charge on any atom is 0.328 e. The first kappa shape index (κ1) is 17.1. The van der Waals surface area contributed by atoms with Crippen molar-refractivity contribution in [1.82, 2.24) is 13.4 Å². The Balaban J connectivity index is 1.79. The van der Waals surface area contributed by atoms with Crippen LogP contribution >= 0.6 is 0 Å². The average molecular weight is 371 g/mol. The molecule has 1 aromatic heterocycles. The predicted octanol–water partition coefficient (Wildman–Crippen LogP) is 2.19. The SMILES string of the molecule is CN(C1CCc2ccccc21)S(=O)(=O)c1ccc2c(c1)n(C)c(=O)n2C.